The fourth-order valence-corrected chi connectivity index (χ4v) is 2.58. The molecule has 102 valence electrons. The first-order valence-corrected chi connectivity index (χ1v) is 6.64. The lowest BCUT2D eigenvalue weighted by molar-refractivity contribution is -0.122. The second-order valence-corrected chi connectivity index (χ2v) is 5.35. The van der Waals surface area contributed by atoms with Gasteiger partial charge in [-0.05, 0) is 33.6 Å². The molecule has 0 aromatic heterocycles. The second-order valence-electron chi connectivity index (χ2n) is 5.35. The minimum atomic E-state index is -0.000582. The lowest BCUT2D eigenvalue weighted by Gasteiger charge is -2.37. The van der Waals surface area contributed by atoms with Crippen LogP contribution in [-0.2, 0) is 9.53 Å². The summed E-state index contributed by atoms with van der Waals surface area (Å²) in [5, 5.41) is 3.04. The zero-order valence-corrected chi connectivity index (χ0v) is 11.9. The highest BCUT2D eigenvalue weighted by atomic mass is 16.5. The number of hydrogen-bond acceptors (Lipinski definition) is 2. The van der Waals surface area contributed by atoms with E-state index < -0.39 is 0 Å². The predicted octanol–water partition coefficient (Wildman–Crippen LogP) is 2.83. The average Bonchev–Trinajstić information content (AvgIpc) is 2.22. The molecule has 0 fully saturated rings. The monoisotopic (exact) mass is 251 g/mol. The summed E-state index contributed by atoms with van der Waals surface area (Å²) >= 11 is 0. The summed E-state index contributed by atoms with van der Waals surface area (Å²) in [5.41, 5.74) is 1.33. The van der Waals surface area contributed by atoms with E-state index in [1.807, 2.05) is 19.9 Å². The Hall–Kier alpha value is -1.09. The molecule has 0 unspecified atom stereocenters. The lowest BCUT2D eigenvalue weighted by atomic mass is 9.82. The van der Waals surface area contributed by atoms with Gasteiger partial charge in [0.2, 0.25) is 5.91 Å². The molecule has 0 heterocycles. The van der Waals surface area contributed by atoms with Crippen LogP contribution in [-0.4, -0.2) is 24.2 Å². The fraction of sp³-hybridized carbons (Fsp3) is 0.667. The first-order valence-electron chi connectivity index (χ1n) is 6.64. The Morgan fingerprint density at radius 3 is 2.83 bits per heavy atom. The van der Waals surface area contributed by atoms with Gasteiger partial charge < -0.3 is 10.1 Å². The third-order valence-corrected chi connectivity index (χ3v) is 3.14. The molecule has 0 radical (unpaired) electrons. The van der Waals surface area contributed by atoms with Crippen LogP contribution in [0.25, 0.3) is 0 Å². The van der Waals surface area contributed by atoms with Gasteiger partial charge in [0.25, 0.3) is 0 Å². The molecule has 3 atom stereocenters. The van der Waals surface area contributed by atoms with Crippen LogP contribution in [0.5, 0.6) is 0 Å². The molecule has 0 spiro atoms. The van der Waals surface area contributed by atoms with Gasteiger partial charge in [0, 0.05) is 12.8 Å². The first kappa shape index (κ1) is 15.0. The number of hydrogen-bond donors (Lipinski definition) is 1. The summed E-state index contributed by atoms with van der Waals surface area (Å²) in [6.45, 7) is 11.5. The summed E-state index contributed by atoms with van der Waals surface area (Å²) in [6, 6.07) is 0.0478. The minimum absolute atomic E-state index is 0.000582. The SMILES string of the molecule is C=CC[C@H]1C=C(C)C[C@@H](OC(C)C)[C@@H]1NC(C)=O. The number of carbonyl (C=O) groups is 1. The van der Waals surface area contributed by atoms with E-state index in [0.717, 1.165) is 12.8 Å². The molecule has 1 aliphatic rings. The normalized spacial score (nSPS) is 27.8. The molecule has 0 bridgehead atoms. The van der Waals surface area contributed by atoms with Crippen LogP contribution in [0.4, 0.5) is 0 Å². The Balaban J connectivity index is 2.89. The predicted molar refractivity (Wildman–Crippen MR) is 74.3 cm³/mol. The van der Waals surface area contributed by atoms with Crippen LogP contribution in [0.15, 0.2) is 24.3 Å². The maximum absolute atomic E-state index is 11.4. The van der Waals surface area contributed by atoms with Crippen molar-refractivity contribution in [3.8, 4) is 0 Å². The van der Waals surface area contributed by atoms with Crippen molar-refractivity contribution in [3.05, 3.63) is 24.3 Å². The summed E-state index contributed by atoms with van der Waals surface area (Å²) in [5.74, 6) is 0.281. The van der Waals surface area contributed by atoms with Gasteiger partial charge in [0.05, 0.1) is 18.2 Å². The lowest BCUT2D eigenvalue weighted by Crippen LogP contribution is -2.50. The number of carbonyl (C=O) groups excluding carboxylic acids is 1. The molecule has 1 amide bonds. The molecule has 3 nitrogen and oxygen atoms in total. The molecule has 1 N–H and O–H groups in total. The Morgan fingerprint density at radius 1 is 1.67 bits per heavy atom. The smallest absolute Gasteiger partial charge is 0.217 e. The van der Waals surface area contributed by atoms with Crippen LogP contribution in [0.3, 0.4) is 0 Å². The van der Waals surface area contributed by atoms with Gasteiger partial charge in [-0.2, -0.15) is 0 Å². The van der Waals surface area contributed by atoms with Gasteiger partial charge >= 0.3 is 0 Å². The molecular weight excluding hydrogens is 226 g/mol. The van der Waals surface area contributed by atoms with E-state index in [2.05, 4.69) is 24.9 Å². The van der Waals surface area contributed by atoms with Crippen LogP contribution in [0, 0.1) is 5.92 Å². The number of rotatable bonds is 5. The van der Waals surface area contributed by atoms with Gasteiger partial charge in [-0.1, -0.05) is 17.7 Å². The summed E-state index contributed by atoms with van der Waals surface area (Å²) in [6.07, 6.45) is 6.12. The van der Waals surface area contributed by atoms with Crippen molar-refractivity contribution < 1.29 is 9.53 Å². The van der Waals surface area contributed by atoms with Gasteiger partial charge in [0.1, 0.15) is 0 Å². The quantitative estimate of drug-likeness (QED) is 0.763. The third-order valence-electron chi connectivity index (χ3n) is 3.14. The second kappa shape index (κ2) is 6.74. The van der Waals surface area contributed by atoms with E-state index in [-0.39, 0.29) is 30.1 Å². The molecule has 3 heteroatoms. The highest BCUT2D eigenvalue weighted by Crippen LogP contribution is 2.29. The number of ether oxygens (including phenoxy) is 1. The van der Waals surface area contributed by atoms with Crippen molar-refractivity contribution in [2.24, 2.45) is 5.92 Å². The number of nitrogens with one attached hydrogen (secondary N) is 1. The van der Waals surface area contributed by atoms with E-state index in [0.29, 0.717) is 0 Å². The highest BCUT2D eigenvalue weighted by Gasteiger charge is 2.33. The molecule has 0 saturated carbocycles. The molecule has 0 aromatic carbocycles. The summed E-state index contributed by atoms with van der Waals surface area (Å²) in [4.78, 5) is 11.4. The van der Waals surface area contributed by atoms with Crippen LogP contribution in [0.1, 0.15) is 40.5 Å². The van der Waals surface area contributed by atoms with E-state index in [4.69, 9.17) is 4.74 Å². The van der Waals surface area contributed by atoms with E-state index >= 15 is 0 Å². The summed E-state index contributed by atoms with van der Waals surface area (Å²) in [7, 11) is 0. The van der Waals surface area contributed by atoms with Crippen molar-refractivity contribution in [1.82, 2.24) is 5.32 Å². The first-order chi connectivity index (χ1) is 8.43. The zero-order chi connectivity index (χ0) is 13.7. The Labute approximate surface area is 110 Å². The van der Waals surface area contributed by atoms with Crippen molar-refractivity contribution >= 4 is 5.91 Å². The Morgan fingerprint density at radius 2 is 2.33 bits per heavy atom. The molecule has 18 heavy (non-hydrogen) atoms. The van der Waals surface area contributed by atoms with Crippen LogP contribution >= 0.6 is 0 Å². The fourth-order valence-electron chi connectivity index (χ4n) is 2.58. The molecule has 0 aromatic rings. The van der Waals surface area contributed by atoms with E-state index in [9.17, 15) is 4.79 Å². The minimum Gasteiger partial charge on any atom is -0.373 e. The molecule has 1 aliphatic carbocycles. The van der Waals surface area contributed by atoms with Crippen LogP contribution in [0.2, 0.25) is 0 Å². The van der Waals surface area contributed by atoms with E-state index in [1.165, 1.54) is 5.57 Å². The zero-order valence-electron chi connectivity index (χ0n) is 11.9. The molecule has 1 rings (SSSR count). The Kier molecular flexibility index (Phi) is 5.60. The molecular formula is C15H25NO2. The van der Waals surface area contributed by atoms with Gasteiger partial charge in [-0.3, -0.25) is 4.79 Å². The van der Waals surface area contributed by atoms with Crippen molar-refractivity contribution in [1.29, 1.82) is 0 Å². The standard InChI is InChI=1S/C15H25NO2/c1-6-7-13-8-11(4)9-14(18-10(2)3)15(13)16-12(5)17/h6,8,10,13-15H,1,7,9H2,2-5H3,(H,16,17)/t13-,14+,15+/m0/s1. The van der Waals surface area contributed by atoms with Gasteiger partial charge in [-0.25, -0.2) is 0 Å². The molecule has 0 aliphatic heterocycles. The Bertz CT molecular complexity index is 333. The highest BCUT2D eigenvalue weighted by molar-refractivity contribution is 5.73. The van der Waals surface area contributed by atoms with Crippen LogP contribution < -0.4 is 5.32 Å². The number of allylic oxidation sites excluding steroid dienone is 1. The van der Waals surface area contributed by atoms with Gasteiger partial charge in [0.15, 0.2) is 0 Å². The summed E-state index contributed by atoms with van der Waals surface area (Å²) < 4.78 is 5.96. The largest absolute Gasteiger partial charge is 0.373 e. The van der Waals surface area contributed by atoms with Crippen molar-refractivity contribution in [3.63, 3.8) is 0 Å². The topological polar surface area (TPSA) is 38.3 Å². The van der Waals surface area contributed by atoms with E-state index in [1.54, 1.807) is 6.92 Å². The van der Waals surface area contributed by atoms with Crippen molar-refractivity contribution in [2.75, 3.05) is 0 Å². The maximum Gasteiger partial charge on any atom is 0.217 e. The van der Waals surface area contributed by atoms with Gasteiger partial charge in [-0.15, -0.1) is 6.58 Å². The molecule has 0 saturated heterocycles. The third kappa shape index (κ3) is 4.30. The maximum atomic E-state index is 11.4. The van der Waals surface area contributed by atoms with Crippen molar-refractivity contribution in [2.45, 2.75) is 58.8 Å². The average molecular weight is 251 g/mol. The number of amides is 1.